The molecule has 0 nitrogen and oxygen atoms in total. The average molecular weight is 123 g/mol. The van der Waals surface area contributed by atoms with Crippen molar-refractivity contribution in [1.29, 1.82) is 0 Å². The van der Waals surface area contributed by atoms with Gasteiger partial charge in [-0.3, -0.25) is 0 Å². The summed E-state index contributed by atoms with van der Waals surface area (Å²) in [5.41, 5.74) is 2.39. The van der Waals surface area contributed by atoms with Crippen molar-refractivity contribution in [2.75, 3.05) is 0 Å². The minimum atomic E-state index is 1.09. The molecule has 0 N–H and O–H groups in total. The molecule has 0 aliphatic rings. The maximum atomic E-state index is 3.80. The molecule has 9 heavy (non-hydrogen) atoms. The zero-order valence-corrected chi connectivity index (χ0v) is 6.41. The highest BCUT2D eigenvalue weighted by Gasteiger charge is 1.82. The molecule has 0 heterocycles. The van der Waals surface area contributed by atoms with Crippen LogP contribution in [0.1, 0.15) is 26.7 Å². The minimum Gasteiger partial charge on any atom is -0.100 e. The molecule has 0 rings (SSSR count). The van der Waals surface area contributed by atoms with Crippen LogP contribution in [0.15, 0.2) is 23.8 Å². The topological polar surface area (TPSA) is 0 Å². The van der Waals surface area contributed by atoms with Gasteiger partial charge in [-0.2, -0.15) is 0 Å². The molecule has 0 amide bonds. The van der Waals surface area contributed by atoms with Gasteiger partial charge in [-0.1, -0.05) is 17.2 Å². The van der Waals surface area contributed by atoms with Crippen molar-refractivity contribution in [3.05, 3.63) is 30.7 Å². The highest BCUT2D eigenvalue weighted by molar-refractivity contribution is 5.02. The lowest BCUT2D eigenvalue weighted by Gasteiger charge is -1.93. The summed E-state index contributed by atoms with van der Waals surface area (Å²) >= 11 is 0. The van der Waals surface area contributed by atoms with Gasteiger partial charge in [0.1, 0.15) is 0 Å². The molecule has 0 atom stereocenters. The van der Waals surface area contributed by atoms with E-state index in [0.29, 0.717) is 0 Å². The molecule has 0 saturated heterocycles. The van der Waals surface area contributed by atoms with Gasteiger partial charge >= 0.3 is 0 Å². The van der Waals surface area contributed by atoms with Crippen LogP contribution < -0.4 is 0 Å². The van der Waals surface area contributed by atoms with Crippen LogP contribution in [0.4, 0.5) is 0 Å². The first-order chi connectivity index (χ1) is 4.13. The number of hydrogen-bond acceptors (Lipinski definition) is 0. The molecule has 0 unspecified atom stereocenters. The summed E-state index contributed by atoms with van der Waals surface area (Å²) in [5, 5.41) is 0. The first-order valence-electron chi connectivity index (χ1n) is 3.26. The standard InChI is InChI=1S/C9H15/c1-8(2)6-5-7-9(3)4/h6H,1,3,5,7H2,2,4H3/b8-6-. The third-order valence-corrected chi connectivity index (χ3v) is 1.06. The molecular weight excluding hydrogens is 108 g/mol. The summed E-state index contributed by atoms with van der Waals surface area (Å²) in [7, 11) is 0. The fourth-order valence-electron chi connectivity index (χ4n) is 0.565. The summed E-state index contributed by atoms with van der Waals surface area (Å²) in [4.78, 5) is 0. The molecule has 0 spiro atoms. The van der Waals surface area contributed by atoms with Gasteiger partial charge in [0.05, 0.1) is 0 Å². The van der Waals surface area contributed by atoms with Gasteiger partial charge in [-0.05, 0) is 33.6 Å². The van der Waals surface area contributed by atoms with E-state index in [1.54, 1.807) is 0 Å². The van der Waals surface area contributed by atoms with E-state index >= 15 is 0 Å². The SMILES string of the molecule is [CH2]/C(C)=C/CCC(=C)C. The first kappa shape index (κ1) is 8.48. The second kappa shape index (κ2) is 4.37. The summed E-state index contributed by atoms with van der Waals surface area (Å²) in [5.74, 6) is 0. The Labute approximate surface area is 58.3 Å². The van der Waals surface area contributed by atoms with Gasteiger partial charge in [0.2, 0.25) is 0 Å². The van der Waals surface area contributed by atoms with Crippen molar-refractivity contribution >= 4 is 0 Å². The van der Waals surface area contributed by atoms with E-state index in [0.717, 1.165) is 18.4 Å². The van der Waals surface area contributed by atoms with Gasteiger partial charge in [0, 0.05) is 0 Å². The molecule has 51 valence electrons. The monoisotopic (exact) mass is 123 g/mol. The Morgan fingerprint density at radius 3 is 2.33 bits per heavy atom. The Morgan fingerprint density at radius 2 is 2.00 bits per heavy atom. The molecule has 1 radical (unpaired) electrons. The van der Waals surface area contributed by atoms with E-state index in [1.165, 1.54) is 5.57 Å². The lowest BCUT2D eigenvalue weighted by Crippen LogP contribution is -1.72. The van der Waals surface area contributed by atoms with Crippen molar-refractivity contribution in [3.8, 4) is 0 Å². The number of rotatable bonds is 3. The van der Waals surface area contributed by atoms with Crippen LogP contribution >= 0.6 is 0 Å². The van der Waals surface area contributed by atoms with Crippen LogP contribution in [0.25, 0.3) is 0 Å². The summed E-state index contributed by atoms with van der Waals surface area (Å²) in [6, 6.07) is 0. The van der Waals surface area contributed by atoms with Gasteiger partial charge in [-0.25, -0.2) is 0 Å². The van der Waals surface area contributed by atoms with E-state index in [1.807, 2.05) is 13.8 Å². The van der Waals surface area contributed by atoms with E-state index < -0.39 is 0 Å². The van der Waals surface area contributed by atoms with Crippen LogP contribution in [0.5, 0.6) is 0 Å². The Morgan fingerprint density at radius 1 is 1.44 bits per heavy atom. The predicted molar refractivity (Wildman–Crippen MR) is 43.2 cm³/mol. The second-order valence-electron chi connectivity index (χ2n) is 2.55. The van der Waals surface area contributed by atoms with Crippen LogP contribution in [-0.2, 0) is 0 Å². The summed E-state index contributed by atoms with van der Waals surface area (Å²) in [6.45, 7) is 11.6. The third kappa shape index (κ3) is 7.48. The third-order valence-electron chi connectivity index (χ3n) is 1.06. The predicted octanol–water partition coefficient (Wildman–Crippen LogP) is 3.12. The molecule has 0 heteroatoms. The van der Waals surface area contributed by atoms with Gasteiger partial charge in [0.15, 0.2) is 0 Å². The molecule has 0 aromatic rings. The quantitative estimate of drug-likeness (QED) is 0.506. The largest absolute Gasteiger partial charge is 0.100 e. The van der Waals surface area contributed by atoms with Crippen molar-refractivity contribution in [2.24, 2.45) is 0 Å². The second-order valence-corrected chi connectivity index (χ2v) is 2.55. The van der Waals surface area contributed by atoms with Crippen LogP contribution in [-0.4, -0.2) is 0 Å². The van der Waals surface area contributed by atoms with E-state index in [-0.39, 0.29) is 0 Å². The molecule has 0 aromatic heterocycles. The van der Waals surface area contributed by atoms with Gasteiger partial charge in [0.25, 0.3) is 0 Å². The number of allylic oxidation sites excluding steroid dienone is 3. The average Bonchev–Trinajstić information content (AvgIpc) is 1.63. The van der Waals surface area contributed by atoms with Gasteiger partial charge < -0.3 is 0 Å². The normalized spacial score (nSPS) is 11.7. The van der Waals surface area contributed by atoms with Crippen LogP contribution in [0, 0.1) is 6.92 Å². The molecular formula is C9H15. The molecule has 0 aromatic carbocycles. The molecule has 0 saturated carbocycles. The summed E-state index contributed by atoms with van der Waals surface area (Å²) in [6.07, 6.45) is 4.31. The molecule has 0 fully saturated rings. The first-order valence-corrected chi connectivity index (χ1v) is 3.26. The molecule has 0 bridgehead atoms. The number of hydrogen-bond donors (Lipinski definition) is 0. The minimum absolute atomic E-state index is 1.09. The van der Waals surface area contributed by atoms with Crippen LogP contribution in [0.2, 0.25) is 0 Å². The fourth-order valence-corrected chi connectivity index (χ4v) is 0.565. The Balaban J connectivity index is 3.31. The fraction of sp³-hybridized carbons (Fsp3) is 0.444. The Bertz CT molecular complexity index is 114. The Hall–Kier alpha value is -0.520. The van der Waals surface area contributed by atoms with Crippen LogP contribution in [0.3, 0.4) is 0 Å². The lowest BCUT2D eigenvalue weighted by atomic mass is 10.1. The molecule has 0 aliphatic heterocycles. The van der Waals surface area contributed by atoms with Crippen molar-refractivity contribution in [1.82, 2.24) is 0 Å². The summed E-state index contributed by atoms with van der Waals surface area (Å²) < 4.78 is 0. The zero-order chi connectivity index (χ0) is 7.28. The van der Waals surface area contributed by atoms with Crippen molar-refractivity contribution in [3.63, 3.8) is 0 Å². The zero-order valence-electron chi connectivity index (χ0n) is 6.41. The smallest absolute Gasteiger partial charge is 0.0286 e. The maximum absolute atomic E-state index is 3.80. The van der Waals surface area contributed by atoms with E-state index in [2.05, 4.69) is 19.6 Å². The molecule has 0 aliphatic carbocycles. The maximum Gasteiger partial charge on any atom is -0.0286 e. The highest BCUT2D eigenvalue weighted by Crippen LogP contribution is 2.02. The van der Waals surface area contributed by atoms with E-state index in [4.69, 9.17) is 0 Å². The van der Waals surface area contributed by atoms with Crippen molar-refractivity contribution < 1.29 is 0 Å². The Kier molecular flexibility index (Phi) is 4.12. The van der Waals surface area contributed by atoms with Crippen molar-refractivity contribution in [2.45, 2.75) is 26.7 Å². The van der Waals surface area contributed by atoms with Gasteiger partial charge in [-0.15, -0.1) is 6.58 Å². The lowest BCUT2D eigenvalue weighted by molar-refractivity contribution is 0.977. The van der Waals surface area contributed by atoms with E-state index in [9.17, 15) is 0 Å². The highest BCUT2D eigenvalue weighted by atomic mass is 13.9.